The molecule has 2 aromatic rings. The van der Waals surface area contributed by atoms with Gasteiger partial charge in [-0.25, -0.2) is 0 Å². The molecule has 0 aliphatic rings. The van der Waals surface area contributed by atoms with Gasteiger partial charge >= 0.3 is 0 Å². The van der Waals surface area contributed by atoms with Gasteiger partial charge in [-0.15, -0.1) is 0 Å². The van der Waals surface area contributed by atoms with Crippen molar-refractivity contribution in [1.29, 1.82) is 0 Å². The van der Waals surface area contributed by atoms with E-state index in [-0.39, 0.29) is 6.04 Å². The first-order valence-electron chi connectivity index (χ1n) is 6.27. The quantitative estimate of drug-likeness (QED) is 0.933. The molecule has 6 heteroatoms. The maximum atomic E-state index is 6.28. The Morgan fingerprint density at radius 3 is 2.74 bits per heavy atom. The predicted molar refractivity (Wildman–Crippen MR) is 75.3 cm³/mol. The van der Waals surface area contributed by atoms with E-state index in [2.05, 4.69) is 20.6 Å². The summed E-state index contributed by atoms with van der Waals surface area (Å²) < 4.78 is 1.90. The van der Waals surface area contributed by atoms with Gasteiger partial charge in [0.05, 0.1) is 34.3 Å². The van der Waals surface area contributed by atoms with Crippen molar-refractivity contribution in [3.05, 3.63) is 39.9 Å². The molecule has 0 saturated carbocycles. The minimum Gasteiger partial charge on any atom is -0.308 e. The lowest BCUT2D eigenvalue weighted by molar-refractivity contribution is 0.559. The third-order valence-corrected chi connectivity index (χ3v) is 3.44. The Hall–Kier alpha value is -1.46. The van der Waals surface area contributed by atoms with Crippen LogP contribution in [0.4, 0.5) is 0 Å². The zero-order valence-corrected chi connectivity index (χ0v) is 12.4. The normalized spacial score (nSPS) is 12.7. The summed E-state index contributed by atoms with van der Waals surface area (Å²) in [5.74, 6) is 0. The Kier molecular flexibility index (Phi) is 4.17. The number of rotatable bonds is 4. The predicted octanol–water partition coefficient (Wildman–Crippen LogP) is 2.27. The third kappa shape index (κ3) is 2.62. The minimum absolute atomic E-state index is 0.0378. The number of nitrogens with one attached hydrogen (secondary N) is 1. The van der Waals surface area contributed by atoms with Crippen molar-refractivity contribution in [2.75, 3.05) is 7.05 Å². The molecular weight excluding hydrogens is 262 g/mol. The highest BCUT2D eigenvalue weighted by Gasteiger charge is 2.22. The van der Waals surface area contributed by atoms with Gasteiger partial charge in [0.2, 0.25) is 0 Å². The van der Waals surface area contributed by atoms with Crippen LogP contribution in [0.1, 0.15) is 35.6 Å². The molecule has 0 saturated heterocycles. The van der Waals surface area contributed by atoms with Crippen LogP contribution in [-0.4, -0.2) is 27.0 Å². The summed E-state index contributed by atoms with van der Waals surface area (Å²) in [6, 6.07) is 2.00. The standard InChI is InChI=1S/C13H18ClN5/c1-5-19-13(11(14)7-16-19)12(15-4)10-6-8(2)17-18-9(10)3/h6-7,12,15H,5H2,1-4H3. The third-order valence-electron chi connectivity index (χ3n) is 3.15. The van der Waals surface area contributed by atoms with Crippen molar-refractivity contribution in [2.24, 2.45) is 0 Å². The van der Waals surface area contributed by atoms with Gasteiger partial charge in [0.25, 0.3) is 0 Å². The van der Waals surface area contributed by atoms with Crippen LogP contribution in [0.2, 0.25) is 5.02 Å². The van der Waals surface area contributed by atoms with Crippen molar-refractivity contribution in [3.63, 3.8) is 0 Å². The van der Waals surface area contributed by atoms with E-state index in [9.17, 15) is 0 Å². The number of nitrogens with zero attached hydrogens (tertiary/aromatic N) is 4. The Morgan fingerprint density at radius 2 is 2.11 bits per heavy atom. The molecule has 1 atom stereocenters. The number of halogens is 1. The molecule has 2 rings (SSSR count). The van der Waals surface area contributed by atoms with Crippen LogP contribution < -0.4 is 5.32 Å². The van der Waals surface area contributed by atoms with Crippen molar-refractivity contribution in [1.82, 2.24) is 25.3 Å². The lowest BCUT2D eigenvalue weighted by atomic mass is 10.0. The second-order valence-electron chi connectivity index (χ2n) is 4.44. The molecule has 0 radical (unpaired) electrons. The van der Waals surface area contributed by atoms with E-state index in [1.54, 1.807) is 6.20 Å². The second-order valence-corrected chi connectivity index (χ2v) is 4.85. The molecule has 0 amide bonds. The first-order chi connectivity index (χ1) is 9.08. The van der Waals surface area contributed by atoms with E-state index in [0.29, 0.717) is 5.02 Å². The lowest BCUT2D eigenvalue weighted by Crippen LogP contribution is -2.23. The van der Waals surface area contributed by atoms with E-state index in [1.165, 1.54) is 0 Å². The van der Waals surface area contributed by atoms with E-state index < -0.39 is 0 Å². The monoisotopic (exact) mass is 279 g/mol. The van der Waals surface area contributed by atoms with Gasteiger partial charge in [0.15, 0.2) is 0 Å². The van der Waals surface area contributed by atoms with E-state index in [4.69, 9.17) is 11.6 Å². The average Bonchev–Trinajstić information content (AvgIpc) is 2.76. The number of aromatic nitrogens is 4. The topological polar surface area (TPSA) is 55.6 Å². The highest BCUT2D eigenvalue weighted by atomic mass is 35.5. The van der Waals surface area contributed by atoms with Crippen LogP contribution in [0, 0.1) is 13.8 Å². The number of hydrogen-bond acceptors (Lipinski definition) is 4. The van der Waals surface area contributed by atoms with Crippen LogP contribution in [0.15, 0.2) is 12.3 Å². The fourth-order valence-electron chi connectivity index (χ4n) is 2.21. The Bertz CT molecular complexity index is 578. The van der Waals surface area contributed by atoms with E-state index in [0.717, 1.165) is 29.2 Å². The highest BCUT2D eigenvalue weighted by molar-refractivity contribution is 6.31. The van der Waals surface area contributed by atoms with E-state index in [1.807, 2.05) is 38.6 Å². The summed E-state index contributed by atoms with van der Waals surface area (Å²) in [5.41, 5.74) is 3.82. The van der Waals surface area contributed by atoms with Crippen molar-refractivity contribution in [3.8, 4) is 0 Å². The molecule has 0 bridgehead atoms. The molecule has 0 aliphatic carbocycles. The van der Waals surface area contributed by atoms with Crippen molar-refractivity contribution >= 4 is 11.6 Å². The summed E-state index contributed by atoms with van der Waals surface area (Å²) in [7, 11) is 1.91. The summed E-state index contributed by atoms with van der Waals surface area (Å²) in [6.07, 6.45) is 1.68. The molecule has 0 aliphatic heterocycles. The summed E-state index contributed by atoms with van der Waals surface area (Å²) in [5, 5.41) is 16.5. The fourth-order valence-corrected chi connectivity index (χ4v) is 2.46. The molecule has 19 heavy (non-hydrogen) atoms. The largest absolute Gasteiger partial charge is 0.308 e. The molecule has 1 unspecified atom stereocenters. The maximum Gasteiger partial charge on any atom is 0.0837 e. The minimum atomic E-state index is -0.0378. The Morgan fingerprint density at radius 1 is 1.37 bits per heavy atom. The fraction of sp³-hybridized carbons (Fsp3) is 0.462. The SMILES string of the molecule is CCn1ncc(Cl)c1C(NC)c1cc(C)nnc1C. The van der Waals surface area contributed by atoms with Crippen molar-refractivity contribution < 1.29 is 0 Å². The first kappa shape index (κ1) is 14.0. The van der Waals surface area contributed by atoms with Crippen LogP contribution in [-0.2, 0) is 6.54 Å². The Balaban J connectivity index is 2.56. The smallest absolute Gasteiger partial charge is 0.0837 e. The average molecular weight is 280 g/mol. The lowest BCUT2D eigenvalue weighted by Gasteiger charge is -2.20. The Labute approximate surface area is 118 Å². The molecule has 102 valence electrons. The zero-order valence-electron chi connectivity index (χ0n) is 11.6. The number of hydrogen-bond donors (Lipinski definition) is 1. The van der Waals surface area contributed by atoms with Crippen LogP contribution >= 0.6 is 11.6 Å². The van der Waals surface area contributed by atoms with Gasteiger partial charge in [-0.3, -0.25) is 4.68 Å². The highest BCUT2D eigenvalue weighted by Crippen LogP contribution is 2.29. The molecule has 2 aromatic heterocycles. The van der Waals surface area contributed by atoms with Crippen molar-refractivity contribution in [2.45, 2.75) is 33.4 Å². The van der Waals surface area contributed by atoms with Gasteiger partial charge in [0.1, 0.15) is 0 Å². The molecule has 5 nitrogen and oxygen atoms in total. The second kappa shape index (κ2) is 5.67. The van der Waals surface area contributed by atoms with Crippen LogP contribution in [0.5, 0.6) is 0 Å². The zero-order chi connectivity index (χ0) is 14.0. The van der Waals surface area contributed by atoms with Gasteiger partial charge in [-0.2, -0.15) is 15.3 Å². The van der Waals surface area contributed by atoms with Gasteiger partial charge < -0.3 is 5.32 Å². The first-order valence-corrected chi connectivity index (χ1v) is 6.65. The van der Waals surface area contributed by atoms with Gasteiger partial charge in [0, 0.05) is 12.1 Å². The molecule has 2 heterocycles. The summed E-state index contributed by atoms with van der Waals surface area (Å²) >= 11 is 6.28. The number of aryl methyl sites for hydroxylation is 3. The molecule has 0 spiro atoms. The summed E-state index contributed by atoms with van der Waals surface area (Å²) in [6.45, 7) is 6.70. The molecule has 1 N–H and O–H groups in total. The van der Waals surface area contributed by atoms with Gasteiger partial charge in [-0.1, -0.05) is 11.6 Å². The molecular formula is C13H18ClN5. The van der Waals surface area contributed by atoms with E-state index >= 15 is 0 Å². The summed E-state index contributed by atoms with van der Waals surface area (Å²) in [4.78, 5) is 0. The molecule has 0 aromatic carbocycles. The molecule has 0 fully saturated rings. The van der Waals surface area contributed by atoms with Crippen LogP contribution in [0.25, 0.3) is 0 Å². The van der Waals surface area contributed by atoms with Gasteiger partial charge in [-0.05, 0) is 33.9 Å². The van der Waals surface area contributed by atoms with Crippen LogP contribution in [0.3, 0.4) is 0 Å². The maximum absolute atomic E-state index is 6.28.